The minimum atomic E-state index is 0.456. The number of hydrogen-bond donors (Lipinski definition) is 1. The van der Waals surface area contributed by atoms with Crippen LogP contribution in [0.4, 0.5) is 0 Å². The van der Waals surface area contributed by atoms with Gasteiger partial charge in [0.05, 0.1) is 11.6 Å². The molecule has 0 spiro atoms. The van der Waals surface area contributed by atoms with Crippen LogP contribution in [0.3, 0.4) is 0 Å². The van der Waals surface area contributed by atoms with Crippen molar-refractivity contribution in [3.05, 3.63) is 28.2 Å². The highest BCUT2D eigenvalue weighted by Gasteiger charge is 2.50. The molecular formula is C16H24BrNO. The predicted molar refractivity (Wildman–Crippen MR) is 83.6 cm³/mol. The molecule has 2 unspecified atom stereocenters. The molecule has 0 amide bonds. The molecule has 1 aromatic carbocycles. The second-order valence-electron chi connectivity index (χ2n) is 6.12. The highest BCUT2D eigenvalue weighted by molar-refractivity contribution is 9.10. The zero-order chi connectivity index (χ0) is 14.0. The molecule has 1 saturated carbocycles. The van der Waals surface area contributed by atoms with E-state index in [0.717, 1.165) is 22.7 Å². The minimum Gasteiger partial charge on any atom is -0.496 e. The second-order valence-corrected chi connectivity index (χ2v) is 6.98. The van der Waals surface area contributed by atoms with Gasteiger partial charge < -0.3 is 10.1 Å². The van der Waals surface area contributed by atoms with Crippen molar-refractivity contribution in [3.63, 3.8) is 0 Å². The average Bonchev–Trinajstić information content (AvgIpc) is 2.99. The van der Waals surface area contributed by atoms with Crippen molar-refractivity contribution < 1.29 is 4.74 Å². The SMILES string of the molecule is CCCNC(c1ccc(OC)c(Br)c1)C1CC1(C)C. The molecule has 19 heavy (non-hydrogen) atoms. The first-order chi connectivity index (χ1) is 8.99. The maximum absolute atomic E-state index is 5.31. The zero-order valence-electron chi connectivity index (χ0n) is 12.3. The highest BCUT2D eigenvalue weighted by Crippen LogP contribution is 2.57. The van der Waals surface area contributed by atoms with Crippen LogP contribution in [-0.2, 0) is 0 Å². The molecule has 0 radical (unpaired) electrons. The average molecular weight is 326 g/mol. The fourth-order valence-electron chi connectivity index (χ4n) is 2.75. The van der Waals surface area contributed by atoms with Crippen molar-refractivity contribution in [2.75, 3.05) is 13.7 Å². The largest absolute Gasteiger partial charge is 0.496 e. The van der Waals surface area contributed by atoms with E-state index in [1.54, 1.807) is 7.11 Å². The van der Waals surface area contributed by atoms with E-state index >= 15 is 0 Å². The number of halogens is 1. The normalized spacial score (nSPS) is 22.1. The maximum Gasteiger partial charge on any atom is 0.133 e. The number of methoxy groups -OCH3 is 1. The summed E-state index contributed by atoms with van der Waals surface area (Å²) in [6.07, 6.45) is 2.47. The molecular weight excluding hydrogens is 302 g/mol. The molecule has 1 aliphatic rings. The molecule has 1 aliphatic carbocycles. The monoisotopic (exact) mass is 325 g/mol. The molecule has 0 aromatic heterocycles. The van der Waals surface area contributed by atoms with Crippen LogP contribution in [0.5, 0.6) is 5.75 Å². The summed E-state index contributed by atoms with van der Waals surface area (Å²) in [5.41, 5.74) is 1.83. The van der Waals surface area contributed by atoms with Crippen LogP contribution >= 0.6 is 15.9 Å². The molecule has 2 nitrogen and oxygen atoms in total. The molecule has 0 bridgehead atoms. The third kappa shape index (κ3) is 3.32. The Hall–Kier alpha value is -0.540. The molecule has 106 valence electrons. The van der Waals surface area contributed by atoms with Crippen molar-refractivity contribution in [2.24, 2.45) is 11.3 Å². The lowest BCUT2D eigenvalue weighted by Crippen LogP contribution is -2.25. The van der Waals surface area contributed by atoms with Gasteiger partial charge in [0, 0.05) is 6.04 Å². The first kappa shape index (κ1) is 14.9. The van der Waals surface area contributed by atoms with Gasteiger partial charge in [-0.2, -0.15) is 0 Å². The summed E-state index contributed by atoms with van der Waals surface area (Å²) >= 11 is 3.59. The van der Waals surface area contributed by atoms with Gasteiger partial charge in [0.2, 0.25) is 0 Å². The van der Waals surface area contributed by atoms with Crippen LogP contribution in [0.2, 0.25) is 0 Å². The molecule has 1 fully saturated rings. The molecule has 3 heteroatoms. The minimum absolute atomic E-state index is 0.456. The molecule has 0 heterocycles. The molecule has 2 atom stereocenters. The fourth-order valence-corrected chi connectivity index (χ4v) is 3.30. The van der Waals surface area contributed by atoms with Crippen molar-refractivity contribution in [3.8, 4) is 5.75 Å². The van der Waals surface area contributed by atoms with Gasteiger partial charge in [-0.1, -0.05) is 26.8 Å². The van der Waals surface area contributed by atoms with E-state index in [-0.39, 0.29) is 0 Å². The summed E-state index contributed by atoms with van der Waals surface area (Å²) in [6.45, 7) is 8.00. The third-order valence-electron chi connectivity index (χ3n) is 4.14. The van der Waals surface area contributed by atoms with Gasteiger partial charge in [0.25, 0.3) is 0 Å². The van der Waals surface area contributed by atoms with Crippen LogP contribution in [0.15, 0.2) is 22.7 Å². The van der Waals surface area contributed by atoms with Crippen LogP contribution in [0.25, 0.3) is 0 Å². The van der Waals surface area contributed by atoms with Crippen molar-refractivity contribution in [1.29, 1.82) is 0 Å². The number of rotatable bonds is 6. The van der Waals surface area contributed by atoms with Crippen molar-refractivity contribution in [2.45, 2.75) is 39.7 Å². The van der Waals surface area contributed by atoms with Crippen LogP contribution < -0.4 is 10.1 Å². The van der Waals surface area contributed by atoms with E-state index in [9.17, 15) is 0 Å². The van der Waals surface area contributed by atoms with Crippen LogP contribution in [-0.4, -0.2) is 13.7 Å². The summed E-state index contributed by atoms with van der Waals surface area (Å²) < 4.78 is 6.35. The number of nitrogens with one attached hydrogen (secondary N) is 1. The maximum atomic E-state index is 5.31. The van der Waals surface area contributed by atoms with Gasteiger partial charge in [0.1, 0.15) is 5.75 Å². The number of ether oxygens (including phenoxy) is 1. The zero-order valence-corrected chi connectivity index (χ0v) is 13.9. The Bertz CT molecular complexity index is 444. The Morgan fingerprint density at radius 1 is 1.47 bits per heavy atom. The third-order valence-corrected chi connectivity index (χ3v) is 4.76. The topological polar surface area (TPSA) is 21.3 Å². The summed E-state index contributed by atoms with van der Waals surface area (Å²) in [5.74, 6) is 1.63. The number of benzene rings is 1. The van der Waals surface area contributed by atoms with Gasteiger partial charge in [-0.15, -0.1) is 0 Å². The Balaban J connectivity index is 2.20. The Labute approximate surface area is 125 Å². The quantitative estimate of drug-likeness (QED) is 0.828. The molecule has 0 saturated heterocycles. The Kier molecular flexibility index (Phi) is 4.57. The molecule has 0 aliphatic heterocycles. The van der Waals surface area contributed by atoms with E-state index < -0.39 is 0 Å². The highest BCUT2D eigenvalue weighted by atomic mass is 79.9. The smallest absolute Gasteiger partial charge is 0.133 e. The summed E-state index contributed by atoms with van der Waals surface area (Å²) in [7, 11) is 1.70. The molecule has 2 rings (SSSR count). The van der Waals surface area contributed by atoms with E-state index in [1.807, 2.05) is 0 Å². The van der Waals surface area contributed by atoms with E-state index in [2.05, 4.69) is 60.2 Å². The standard InChI is InChI=1S/C16H24BrNO/c1-5-8-18-15(12-10-16(12,2)3)11-6-7-14(19-4)13(17)9-11/h6-7,9,12,15,18H,5,8,10H2,1-4H3. The number of hydrogen-bond acceptors (Lipinski definition) is 2. The summed E-state index contributed by atoms with van der Waals surface area (Å²) in [4.78, 5) is 0. The lowest BCUT2D eigenvalue weighted by atomic mass is 9.97. The van der Waals surface area contributed by atoms with Crippen molar-refractivity contribution in [1.82, 2.24) is 5.32 Å². The molecule has 1 N–H and O–H groups in total. The van der Waals surface area contributed by atoms with Gasteiger partial charge >= 0.3 is 0 Å². The fraction of sp³-hybridized carbons (Fsp3) is 0.625. The summed E-state index contributed by atoms with van der Waals surface area (Å²) in [5, 5.41) is 3.71. The second kappa shape index (κ2) is 5.84. The van der Waals surface area contributed by atoms with Gasteiger partial charge in [-0.05, 0) is 64.3 Å². The summed E-state index contributed by atoms with van der Waals surface area (Å²) in [6, 6.07) is 6.89. The molecule has 1 aromatic rings. The first-order valence-corrected chi connectivity index (χ1v) is 7.85. The predicted octanol–water partition coefficient (Wildman–Crippen LogP) is 4.54. The van der Waals surface area contributed by atoms with E-state index in [1.165, 1.54) is 18.4 Å². The van der Waals surface area contributed by atoms with Gasteiger partial charge in [0.15, 0.2) is 0 Å². The first-order valence-electron chi connectivity index (χ1n) is 7.06. The van der Waals surface area contributed by atoms with E-state index in [4.69, 9.17) is 4.74 Å². The van der Waals surface area contributed by atoms with E-state index in [0.29, 0.717) is 11.5 Å². The Morgan fingerprint density at radius 3 is 2.63 bits per heavy atom. The van der Waals surface area contributed by atoms with Crippen LogP contribution in [0.1, 0.15) is 45.2 Å². The van der Waals surface area contributed by atoms with Gasteiger partial charge in [-0.3, -0.25) is 0 Å². The lowest BCUT2D eigenvalue weighted by molar-refractivity contribution is 0.406. The Morgan fingerprint density at radius 2 is 2.16 bits per heavy atom. The van der Waals surface area contributed by atoms with Gasteiger partial charge in [-0.25, -0.2) is 0 Å². The van der Waals surface area contributed by atoms with Crippen LogP contribution in [0, 0.1) is 11.3 Å². The lowest BCUT2D eigenvalue weighted by Gasteiger charge is -2.21. The van der Waals surface area contributed by atoms with Crippen molar-refractivity contribution >= 4 is 15.9 Å².